The largest absolute Gasteiger partial charge is 0.450 e. The van der Waals surface area contributed by atoms with Gasteiger partial charge in [0.25, 0.3) is 0 Å². The highest BCUT2D eigenvalue weighted by Crippen LogP contribution is 2.26. The molecule has 1 fully saturated rings. The molecule has 1 aromatic carbocycles. The Labute approximate surface area is 197 Å². The van der Waals surface area contributed by atoms with E-state index in [1.54, 1.807) is 16.7 Å². The van der Waals surface area contributed by atoms with Crippen molar-refractivity contribution in [1.82, 2.24) is 14.8 Å². The van der Waals surface area contributed by atoms with Gasteiger partial charge in [0.15, 0.2) is 5.13 Å². The Bertz CT molecular complexity index is 914. The van der Waals surface area contributed by atoms with Gasteiger partial charge in [-0.3, -0.25) is 9.59 Å². The standard InChI is InChI=1S/C20H23BrN4O4S2/c1-2-29-20(28)25-9-7-24(8-10-25)18(27)13-30-12-17(26)23-19-22-16(11-31-19)14-3-5-15(21)6-4-14/h3-6,11H,2,7-10,12-13H2,1H3,(H,22,23,26). The molecular formula is C20H23BrN4O4S2. The number of amides is 3. The number of hydrogen-bond acceptors (Lipinski definition) is 7. The quantitative estimate of drug-likeness (QED) is 0.593. The minimum Gasteiger partial charge on any atom is -0.450 e. The molecule has 166 valence electrons. The van der Waals surface area contributed by atoms with Gasteiger partial charge in [-0.05, 0) is 19.1 Å². The highest BCUT2D eigenvalue weighted by Gasteiger charge is 2.24. The molecule has 0 saturated carbocycles. The van der Waals surface area contributed by atoms with Crippen molar-refractivity contribution in [2.75, 3.05) is 49.6 Å². The van der Waals surface area contributed by atoms with Crippen LogP contribution in [0.25, 0.3) is 11.3 Å². The first kappa shape index (κ1) is 23.6. The number of carbonyl (C=O) groups is 3. The van der Waals surface area contributed by atoms with Crippen LogP contribution in [0.2, 0.25) is 0 Å². The average Bonchev–Trinajstić information content (AvgIpc) is 3.22. The van der Waals surface area contributed by atoms with E-state index in [-0.39, 0.29) is 29.4 Å². The van der Waals surface area contributed by atoms with E-state index in [2.05, 4.69) is 26.2 Å². The summed E-state index contributed by atoms with van der Waals surface area (Å²) >= 11 is 6.03. The lowest BCUT2D eigenvalue weighted by Crippen LogP contribution is -2.51. The smallest absolute Gasteiger partial charge is 0.409 e. The van der Waals surface area contributed by atoms with Crippen LogP contribution in [0.5, 0.6) is 0 Å². The maximum atomic E-state index is 12.3. The number of halogens is 1. The van der Waals surface area contributed by atoms with Crippen LogP contribution in [0.15, 0.2) is 34.1 Å². The molecule has 0 aliphatic carbocycles. The van der Waals surface area contributed by atoms with Gasteiger partial charge >= 0.3 is 6.09 Å². The molecule has 0 radical (unpaired) electrons. The Morgan fingerprint density at radius 3 is 2.48 bits per heavy atom. The number of piperazine rings is 1. The molecule has 1 aliphatic heterocycles. The number of nitrogens with one attached hydrogen (secondary N) is 1. The fraction of sp³-hybridized carbons (Fsp3) is 0.400. The number of ether oxygens (including phenoxy) is 1. The zero-order valence-corrected chi connectivity index (χ0v) is 20.2. The van der Waals surface area contributed by atoms with Crippen LogP contribution in [0, 0.1) is 0 Å². The van der Waals surface area contributed by atoms with Crippen molar-refractivity contribution in [3.05, 3.63) is 34.1 Å². The maximum Gasteiger partial charge on any atom is 0.409 e. The van der Waals surface area contributed by atoms with Crippen LogP contribution in [-0.2, 0) is 14.3 Å². The normalized spacial score (nSPS) is 13.7. The number of thioether (sulfide) groups is 1. The maximum absolute atomic E-state index is 12.3. The summed E-state index contributed by atoms with van der Waals surface area (Å²) in [7, 11) is 0. The molecule has 3 rings (SSSR count). The SMILES string of the molecule is CCOC(=O)N1CCN(C(=O)CSCC(=O)Nc2nc(-c3ccc(Br)cc3)cs2)CC1. The molecular weight excluding hydrogens is 504 g/mol. The Hall–Kier alpha value is -2.11. The van der Waals surface area contributed by atoms with Gasteiger partial charge in [-0.2, -0.15) is 0 Å². The fourth-order valence-electron chi connectivity index (χ4n) is 2.92. The third-order valence-electron chi connectivity index (χ3n) is 4.51. The lowest BCUT2D eigenvalue weighted by Gasteiger charge is -2.34. The molecule has 0 bridgehead atoms. The summed E-state index contributed by atoms with van der Waals surface area (Å²) in [6.45, 7) is 3.97. The number of carbonyl (C=O) groups excluding carboxylic acids is 3. The molecule has 1 N–H and O–H groups in total. The molecule has 1 aliphatic rings. The van der Waals surface area contributed by atoms with E-state index < -0.39 is 0 Å². The molecule has 2 heterocycles. The van der Waals surface area contributed by atoms with Gasteiger partial charge < -0.3 is 19.9 Å². The summed E-state index contributed by atoms with van der Waals surface area (Å²) in [5, 5.41) is 5.21. The topological polar surface area (TPSA) is 91.8 Å². The third kappa shape index (κ3) is 6.94. The minimum absolute atomic E-state index is 0.0342. The second-order valence-corrected chi connectivity index (χ2v) is 9.41. The van der Waals surface area contributed by atoms with Crippen LogP contribution < -0.4 is 5.32 Å². The summed E-state index contributed by atoms with van der Waals surface area (Å²) in [4.78, 5) is 44.0. The summed E-state index contributed by atoms with van der Waals surface area (Å²) < 4.78 is 5.97. The molecule has 3 amide bonds. The van der Waals surface area contributed by atoms with Crippen molar-refractivity contribution < 1.29 is 19.1 Å². The molecule has 0 atom stereocenters. The lowest BCUT2D eigenvalue weighted by atomic mass is 10.2. The van der Waals surface area contributed by atoms with Gasteiger partial charge in [-0.1, -0.05) is 28.1 Å². The lowest BCUT2D eigenvalue weighted by molar-refractivity contribution is -0.129. The highest BCUT2D eigenvalue weighted by molar-refractivity contribution is 9.10. The van der Waals surface area contributed by atoms with Crippen LogP contribution in [0.1, 0.15) is 6.92 Å². The fourth-order valence-corrected chi connectivity index (χ4v) is 4.63. The van der Waals surface area contributed by atoms with Gasteiger partial charge in [0.05, 0.1) is 23.8 Å². The first-order chi connectivity index (χ1) is 15.0. The summed E-state index contributed by atoms with van der Waals surface area (Å²) in [5.41, 5.74) is 1.78. The second-order valence-electron chi connectivity index (χ2n) is 6.65. The van der Waals surface area contributed by atoms with Crippen LogP contribution >= 0.6 is 39.0 Å². The molecule has 2 aromatic rings. The molecule has 1 saturated heterocycles. The van der Waals surface area contributed by atoms with Crippen LogP contribution in [0.3, 0.4) is 0 Å². The van der Waals surface area contributed by atoms with E-state index in [0.717, 1.165) is 15.7 Å². The summed E-state index contributed by atoms with van der Waals surface area (Å²) in [6, 6.07) is 7.80. The third-order valence-corrected chi connectivity index (χ3v) is 6.71. The zero-order valence-electron chi connectivity index (χ0n) is 17.0. The second kappa shape index (κ2) is 11.5. The predicted octanol–water partition coefficient (Wildman–Crippen LogP) is 3.55. The summed E-state index contributed by atoms with van der Waals surface area (Å²) in [5.74, 6) is 0.158. The molecule has 1 aromatic heterocycles. The van der Waals surface area contributed by atoms with E-state index in [1.807, 2.05) is 29.6 Å². The first-order valence-corrected chi connectivity index (χ1v) is 12.6. The van der Waals surface area contributed by atoms with Gasteiger partial charge in [0, 0.05) is 41.6 Å². The number of rotatable bonds is 7. The van der Waals surface area contributed by atoms with E-state index in [4.69, 9.17) is 4.74 Å². The predicted molar refractivity (Wildman–Crippen MR) is 126 cm³/mol. The van der Waals surface area contributed by atoms with Crippen LogP contribution in [-0.4, -0.2) is 77.0 Å². The van der Waals surface area contributed by atoms with Gasteiger partial charge in [0.1, 0.15) is 0 Å². The van der Waals surface area contributed by atoms with E-state index >= 15 is 0 Å². The average molecular weight is 527 g/mol. The van der Waals surface area contributed by atoms with Crippen molar-refractivity contribution in [3.8, 4) is 11.3 Å². The Morgan fingerprint density at radius 1 is 1.13 bits per heavy atom. The molecule has 31 heavy (non-hydrogen) atoms. The van der Waals surface area contributed by atoms with Crippen LogP contribution in [0.4, 0.5) is 9.93 Å². The molecule has 0 spiro atoms. The molecule has 11 heteroatoms. The van der Waals surface area contributed by atoms with Crippen molar-refractivity contribution >= 4 is 62.1 Å². The monoisotopic (exact) mass is 526 g/mol. The van der Waals surface area contributed by atoms with E-state index in [1.165, 1.54) is 23.1 Å². The summed E-state index contributed by atoms with van der Waals surface area (Å²) in [6.07, 6.45) is -0.342. The first-order valence-electron chi connectivity index (χ1n) is 9.74. The number of benzene rings is 1. The Balaban J connectivity index is 1.37. The van der Waals surface area contributed by atoms with Crippen molar-refractivity contribution in [2.24, 2.45) is 0 Å². The zero-order chi connectivity index (χ0) is 22.2. The Kier molecular flexibility index (Phi) is 8.73. The number of aromatic nitrogens is 1. The molecule has 8 nitrogen and oxygen atoms in total. The van der Waals surface area contributed by atoms with Crippen molar-refractivity contribution in [3.63, 3.8) is 0 Å². The number of thiazole rings is 1. The van der Waals surface area contributed by atoms with E-state index in [0.29, 0.717) is 37.9 Å². The van der Waals surface area contributed by atoms with Crippen molar-refractivity contribution in [1.29, 1.82) is 0 Å². The highest BCUT2D eigenvalue weighted by atomic mass is 79.9. The van der Waals surface area contributed by atoms with Gasteiger partial charge in [-0.15, -0.1) is 23.1 Å². The van der Waals surface area contributed by atoms with Gasteiger partial charge in [-0.25, -0.2) is 9.78 Å². The van der Waals surface area contributed by atoms with E-state index in [9.17, 15) is 14.4 Å². The Morgan fingerprint density at radius 2 is 1.81 bits per heavy atom. The molecule has 0 unspecified atom stereocenters. The number of hydrogen-bond donors (Lipinski definition) is 1. The van der Waals surface area contributed by atoms with Gasteiger partial charge in [0.2, 0.25) is 11.8 Å². The minimum atomic E-state index is -0.342. The number of anilines is 1. The number of nitrogens with zero attached hydrogens (tertiary/aromatic N) is 3. The van der Waals surface area contributed by atoms with Crippen molar-refractivity contribution in [2.45, 2.75) is 6.92 Å².